The Kier molecular flexibility index (Phi) is 6.06. The van der Waals surface area contributed by atoms with Crippen LogP contribution in [0.3, 0.4) is 0 Å². The van der Waals surface area contributed by atoms with E-state index in [1.54, 1.807) is 17.2 Å². The summed E-state index contributed by atoms with van der Waals surface area (Å²) in [6.45, 7) is 3.44. The van der Waals surface area contributed by atoms with Crippen molar-refractivity contribution in [1.82, 2.24) is 20.1 Å². The van der Waals surface area contributed by atoms with Gasteiger partial charge in [-0.3, -0.25) is 19.5 Å². The third kappa shape index (κ3) is 4.06. The molecule has 1 unspecified atom stereocenters. The number of rotatable bonds is 7. The Morgan fingerprint density at radius 1 is 1.26 bits per heavy atom. The molecule has 4 rings (SSSR count). The van der Waals surface area contributed by atoms with Crippen molar-refractivity contribution in [3.8, 4) is 0 Å². The molecule has 1 atom stereocenters. The van der Waals surface area contributed by atoms with Crippen LogP contribution in [0.1, 0.15) is 48.7 Å². The molecule has 4 amide bonds. The fourth-order valence-electron chi connectivity index (χ4n) is 4.81. The van der Waals surface area contributed by atoms with E-state index in [-0.39, 0.29) is 23.8 Å². The Morgan fingerprint density at radius 2 is 2.06 bits per heavy atom. The average Bonchev–Trinajstić information content (AvgIpc) is 3.41. The fourth-order valence-corrected chi connectivity index (χ4v) is 4.81. The Labute approximate surface area is 181 Å². The lowest BCUT2D eigenvalue weighted by Gasteiger charge is -2.40. The lowest BCUT2D eigenvalue weighted by molar-refractivity contribution is -0.134. The van der Waals surface area contributed by atoms with Crippen molar-refractivity contribution in [3.05, 3.63) is 54.2 Å². The van der Waals surface area contributed by atoms with Crippen molar-refractivity contribution in [2.24, 2.45) is 5.92 Å². The predicted molar refractivity (Wildman–Crippen MR) is 113 cm³/mol. The maximum atomic E-state index is 13.5. The van der Waals surface area contributed by atoms with Crippen LogP contribution in [0.4, 0.5) is 4.79 Å². The molecule has 2 fully saturated rings. The molecule has 0 spiro atoms. The van der Waals surface area contributed by atoms with Crippen molar-refractivity contribution in [3.63, 3.8) is 0 Å². The smallest absolute Gasteiger partial charge is 0.325 e. The minimum absolute atomic E-state index is 0.00264. The number of carbonyl (C=O) groups excluding carboxylic acids is 3. The summed E-state index contributed by atoms with van der Waals surface area (Å²) < 4.78 is 5.02. The van der Waals surface area contributed by atoms with Crippen LogP contribution < -0.4 is 5.32 Å². The molecule has 2 saturated heterocycles. The second-order valence-electron chi connectivity index (χ2n) is 8.26. The largest absolute Gasteiger partial charge is 0.472 e. The zero-order chi connectivity index (χ0) is 21.8. The van der Waals surface area contributed by atoms with Crippen molar-refractivity contribution < 1.29 is 18.8 Å². The van der Waals surface area contributed by atoms with Gasteiger partial charge in [0.15, 0.2) is 0 Å². The molecule has 0 radical (unpaired) electrons. The van der Waals surface area contributed by atoms with Gasteiger partial charge >= 0.3 is 6.03 Å². The first-order chi connectivity index (χ1) is 15.0. The first-order valence-corrected chi connectivity index (χ1v) is 10.9. The predicted octanol–water partition coefficient (Wildman–Crippen LogP) is 2.86. The van der Waals surface area contributed by atoms with Crippen LogP contribution in [0.15, 0.2) is 47.4 Å². The highest BCUT2D eigenvalue weighted by Crippen LogP contribution is 2.37. The lowest BCUT2D eigenvalue weighted by Crippen LogP contribution is -2.56. The number of aromatic nitrogens is 1. The highest BCUT2D eigenvalue weighted by molar-refractivity contribution is 6.07. The number of imide groups is 1. The number of piperidine rings is 1. The van der Waals surface area contributed by atoms with Crippen molar-refractivity contribution >= 4 is 17.8 Å². The van der Waals surface area contributed by atoms with Gasteiger partial charge in [-0.05, 0) is 43.4 Å². The molecular formula is C23H28N4O4. The highest BCUT2D eigenvalue weighted by Gasteiger charge is 2.55. The number of amides is 4. The van der Waals surface area contributed by atoms with Crippen molar-refractivity contribution in [2.45, 2.75) is 44.6 Å². The molecule has 2 aliphatic rings. The number of carbonyl (C=O) groups is 3. The SMILES string of the molecule is CCCC1(C2CCN(C(=O)c3ccoc3)CC2)NC(=O)N(CCc2ccccn2)C1=O. The van der Waals surface area contributed by atoms with Gasteiger partial charge in [-0.1, -0.05) is 19.4 Å². The minimum Gasteiger partial charge on any atom is -0.472 e. The molecule has 0 saturated carbocycles. The summed E-state index contributed by atoms with van der Waals surface area (Å²) in [5.41, 5.74) is 0.496. The third-order valence-corrected chi connectivity index (χ3v) is 6.41. The van der Waals surface area contributed by atoms with Crippen LogP contribution in [-0.4, -0.2) is 57.8 Å². The van der Waals surface area contributed by atoms with Gasteiger partial charge in [0.05, 0.1) is 11.8 Å². The summed E-state index contributed by atoms with van der Waals surface area (Å²) >= 11 is 0. The van der Waals surface area contributed by atoms with Gasteiger partial charge in [0.25, 0.3) is 11.8 Å². The van der Waals surface area contributed by atoms with E-state index in [1.165, 1.54) is 17.4 Å². The van der Waals surface area contributed by atoms with E-state index in [1.807, 2.05) is 25.1 Å². The number of hydrogen-bond donors (Lipinski definition) is 1. The molecule has 0 aromatic carbocycles. The highest BCUT2D eigenvalue weighted by atomic mass is 16.3. The monoisotopic (exact) mass is 424 g/mol. The quantitative estimate of drug-likeness (QED) is 0.690. The normalized spacial score (nSPS) is 22.1. The van der Waals surface area contributed by atoms with Gasteiger partial charge in [0, 0.05) is 37.9 Å². The van der Waals surface area contributed by atoms with Gasteiger partial charge in [-0.15, -0.1) is 0 Å². The summed E-state index contributed by atoms with van der Waals surface area (Å²) in [5.74, 6) is -0.206. The third-order valence-electron chi connectivity index (χ3n) is 6.41. The fraction of sp³-hybridized carbons (Fsp3) is 0.478. The standard InChI is InChI=1S/C23H28N4O4/c1-2-10-23(18-6-12-26(13-7-18)20(28)17-9-15-31-16-17)21(29)27(22(30)25-23)14-8-19-5-3-4-11-24-19/h3-5,9,11,15-16,18H,2,6-8,10,12-14H2,1H3,(H,25,30). The Morgan fingerprint density at radius 3 is 2.71 bits per heavy atom. The molecule has 164 valence electrons. The van der Waals surface area contributed by atoms with Gasteiger partial charge in [-0.25, -0.2) is 4.79 Å². The molecule has 4 heterocycles. The zero-order valence-electron chi connectivity index (χ0n) is 17.8. The van der Waals surface area contributed by atoms with E-state index in [2.05, 4.69) is 10.3 Å². The Hall–Kier alpha value is -3.16. The molecule has 2 aromatic heterocycles. The number of nitrogens with one attached hydrogen (secondary N) is 1. The lowest BCUT2D eigenvalue weighted by atomic mass is 9.74. The van der Waals surface area contributed by atoms with Gasteiger partial charge in [-0.2, -0.15) is 0 Å². The molecule has 2 aromatic rings. The molecule has 8 nitrogen and oxygen atoms in total. The first kappa shape index (κ1) is 21.1. The van der Waals surface area contributed by atoms with Crippen LogP contribution in [-0.2, 0) is 11.2 Å². The molecule has 31 heavy (non-hydrogen) atoms. The number of urea groups is 1. The van der Waals surface area contributed by atoms with E-state index >= 15 is 0 Å². The summed E-state index contributed by atoms with van der Waals surface area (Å²) in [7, 11) is 0. The maximum Gasteiger partial charge on any atom is 0.325 e. The molecule has 0 bridgehead atoms. The molecule has 2 aliphatic heterocycles. The first-order valence-electron chi connectivity index (χ1n) is 10.9. The van der Waals surface area contributed by atoms with E-state index in [4.69, 9.17) is 4.42 Å². The van der Waals surface area contributed by atoms with Crippen molar-refractivity contribution in [1.29, 1.82) is 0 Å². The van der Waals surface area contributed by atoms with Crippen molar-refractivity contribution in [2.75, 3.05) is 19.6 Å². The Bertz CT molecular complexity index is 922. The van der Waals surface area contributed by atoms with Crippen LogP contribution >= 0.6 is 0 Å². The number of likely N-dealkylation sites (tertiary alicyclic amines) is 1. The summed E-state index contributed by atoms with van der Waals surface area (Å²) in [4.78, 5) is 46.3. The summed E-state index contributed by atoms with van der Waals surface area (Å²) in [6, 6.07) is 6.96. The number of pyridine rings is 1. The number of nitrogens with zero attached hydrogens (tertiary/aromatic N) is 3. The second kappa shape index (κ2) is 8.91. The van der Waals surface area contributed by atoms with Crippen LogP contribution in [0.2, 0.25) is 0 Å². The number of furan rings is 1. The molecule has 8 heteroatoms. The molecular weight excluding hydrogens is 396 g/mol. The average molecular weight is 425 g/mol. The summed E-state index contributed by atoms with van der Waals surface area (Å²) in [5, 5.41) is 3.04. The zero-order valence-corrected chi connectivity index (χ0v) is 17.8. The topological polar surface area (TPSA) is 95.8 Å². The van der Waals surface area contributed by atoms with Gasteiger partial charge < -0.3 is 14.6 Å². The molecule has 0 aliphatic carbocycles. The van der Waals surface area contributed by atoms with Gasteiger partial charge in [0.2, 0.25) is 0 Å². The van der Waals surface area contributed by atoms with Crippen LogP contribution in [0.5, 0.6) is 0 Å². The minimum atomic E-state index is -0.888. The molecule has 1 N–H and O–H groups in total. The van der Waals surface area contributed by atoms with E-state index < -0.39 is 5.54 Å². The van der Waals surface area contributed by atoms with Gasteiger partial charge in [0.1, 0.15) is 11.8 Å². The van der Waals surface area contributed by atoms with Crippen LogP contribution in [0.25, 0.3) is 0 Å². The number of hydrogen-bond acceptors (Lipinski definition) is 5. The summed E-state index contributed by atoms with van der Waals surface area (Å²) in [6.07, 6.45) is 7.90. The van der Waals surface area contributed by atoms with E-state index in [9.17, 15) is 14.4 Å². The Balaban J connectivity index is 1.44. The van der Waals surface area contributed by atoms with E-state index in [0.29, 0.717) is 50.9 Å². The maximum absolute atomic E-state index is 13.5. The van der Waals surface area contributed by atoms with E-state index in [0.717, 1.165) is 12.1 Å². The van der Waals surface area contributed by atoms with Crippen LogP contribution in [0, 0.1) is 5.92 Å². The second-order valence-corrected chi connectivity index (χ2v) is 8.26.